The molecule has 0 amide bonds. The number of aromatic nitrogens is 3. The van der Waals surface area contributed by atoms with E-state index in [2.05, 4.69) is 144 Å². The Morgan fingerprint density at radius 2 is 1.18 bits per heavy atom. The normalized spacial score (nSPS) is 15.1. The molecule has 0 bridgehead atoms. The second kappa shape index (κ2) is 10.1. The van der Waals surface area contributed by atoms with E-state index in [0.29, 0.717) is 0 Å². The summed E-state index contributed by atoms with van der Waals surface area (Å²) in [5, 5.41) is 7.71. The Hall–Kier alpha value is -5.80. The zero-order valence-electron chi connectivity index (χ0n) is 27.2. The van der Waals surface area contributed by atoms with Crippen LogP contribution < -0.4 is 0 Å². The van der Waals surface area contributed by atoms with E-state index in [-0.39, 0.29) is 5.41 Å². The minimum Gasteiger partial charge on any atom is -0.291 e. The molecule has 3 heteroatoms. The second-order valence-corrected chi connectivity index (χ2v) is 14.0. The van der Waals surface area contributed by atoms with Gasteiger partial charge in [0, 0.05) is 32.5 Å². The van der Waals surface area contributed by atoms with Crippen molar-refractivity contribution in [2.75, 3.05) is 0 Å². The Balaban J connectivity index is 1.43. The minimum atomic E-state index is -0.0193. The van der Waals surface area contributed by atoms with Gasteiger partial charge in [0.05, 0.1) is 22.1 Å². The first-order chi connectivity index (χ1) is 24.3. The van der Waals surface area contributed by atoms with Crippen LogP contribution in [0.3, 0.4) is 0 Å². The molecule has 11 rings (SSSR count). The third-order valence-electron chi connectivity index (χ3n) is 11.5. The molecule has 7 aromatic carbocycles. The first-order valence-electron chi connectivity index (χ1n) is 17.7. The summed E-state index contributed by atoms with van der Waals surface area (Å²) >= 11 is 0. The zero-order chi connectivity index (χ0) is 32.1. The van der Waals surface area contributed by atoms with Gasteiger partial charge in [-0.05, 0) is 58.0 Å². The smallest absolute Gasteiger partial charge is 0.165 e. The van der Waals surface area contributed by atoms with Crippen molar-refractivity contribution in [3.05, 3.63) is 151 Å². The highest BCUT2D eigenvalue weighted by Crippen LogP contribution is 2.61. The summed E-state index contributed by atoms with van der Waals surface area (Å²) in [6, 6.07) is 50.9. The molecule has 49 heavy (non-hydrogen) atoms. The van der Waals surface area contributed by atoms with Crippen LogP contribution in [-0.4, -0.2) is 14.5 Å². The van der Waals surface area contributed by atoms with Crippen molar-refractivity contribution in [1.29, 1.82) is 0 Å². The third-order valence-corrected chi connectivity index (χ3v) is 11.5. The van der Waals surface area contributed by atoms with Gasteiger partial charge in [0.2, 0.25) is 0 Å². The Bertz CT molecular complexity index is 2800. The van der Waals surface area contributed by atoms with Crippen LogP contribution in [-0.2, 0) is 5.41 Å². The molecule has 0 N–H and O–H groups in total. The summed E-state index contributed by atoms with van der Waals surface area (Å²) in [6.45, 7) is 0. The summed E-state index contributed by atoms with van der Waals surface area (Å²) < 4.78 is 2.50. The van der Waals surface area contributed by atoms with Crippen LogP contribution in [0.15, 0.2) is 140 Å². The molecule has 3 nitrogen and oxygen atoms in total. The largest absolute Gasteiger partial charge is 0.291 e. The topological polar surface area (TPSA) is 30.7 Å². The van der Waals surface area contributed by atoms with Gasteiger partial charge >= 0.3 is 0 Å². The molecule has 0 radical (unpaired) electrons. The maximum atomic E-state index is 5.55. The summed E-state index contributed by atoms with van der Waals surface area (Å²) in [7, 11) is 0. The van der Waals surface area contributed by atoms with Crippen LogP contribution in [0.5, 0.6) is 0 Å². The lowest BCUT2D eigenvalue weighted by molar-refractivity contribution is 0.355. The minimum absolute atomic E-state index is 0.0193. The highest BCUT2D eigenvalue weighted by Gasteiger charge is 2.46. The van der Waals surface area contributed by atoms with Gasteiger partial charge in [-0.25, -0.2) is 9.97 Å². The van der Waals surface area contributed by atoms with E-state index in [1.165, 1.54) is 97.7 Å². The monoisotopic (exact) mass is 627 g/mol. The first-order valence-corrected chi connectivity index (χ1v) is 17.7. The molecule has 9 aromatic rings. The maximum Gasteiger partial charge on any atom is 0.165 e. The van der Waals surface area contributed by atoms with Crippen molar-refractivity contribution in [2.45, 2.75) is 37.5 Å². The molecule has 2 heterocycles. The van der Waals surface area contributed by atoms with Crippen molar-refractivity contribution < 1.29 is 0 Å². The molecule has 1 saturated carbocycles. The highest BCUT2D eigenvalue weighted by atomic mass is 15.1. The molecule has 2 aliphatic carbocycles. The Morgan fingerprint density at radius 1 is 0.510 bits per heavy atom. The fourth-order valence-corrected chi connectivity index (χ4v) is 9.56. The van der Waals surface area contributed by atoms with E-state index in [1.807, 2.05) is 0 Å². The third kappa shape index (κ3) is 3.62. The van der Waals surface area contributed by atoms with E-state index >= 15 is 0 Å². The van der Waals surface area contributed by atoms with Gasteiger partial charge in [-0.3, -0.25) is 4.57 Å². The van der Waals surface area contributed by atoms with Gasteiger partial charge in [0.15, 0.2) is 5.82 Å². The summed E-state index contributed by atoms with van der Waals surface area (Å²) in [5.41, 5.74) is 12.1. The number of hydrogen-bond acceptors (Lipinski definition) is 2. The predicted molar refractivity (Wildman–Crippen MR) is 204 cm³/mol. The van der Waals surface area contributed by atoms with Crippen LogP contribution in [0.4, 0.5) is 0 Å². The maximum absolute atomic E-state index is 5.55. The van der Waals surface area contributed by atoms with Crippen molar-refractivity contribution in [2.24, 2.45) is 0 Å². The molecule has 2 aromatic heterocycles. The van der Waals surface area contributed by atoms with Crippen molar-refractivity contribution >= 4 is 54.4 Å². The van der Waals surface area contributed by atoms with Crippen LogP contribution in [0, 0.1) is 0 Å². The quantitative estimate of drug-likeness (QED) is 0.191. The Labute approximate surface area is 284 Å². The van der Waals surface area contributed by atoms with E-state index in [0.717, 1.165) is 28.1 Å². The molecule has 0 aliphatic heterocycles. The number of benzene rings is 7. The standard InChI is InChI=1S/C46H33N3/c1-3-16-30(17-4-1)42-45(48-38-24-12-11-23-37(38)47-42)49-43-31-18-6-5-15-29(31)25-26-35(43)40-41-39(32-19-7-8-20-33(32)44(40)49)34-21-9-10-22-36(34)46(41)27-13-2-14-28-46/h1,3-12,15-26H,2,13-14,27-28H2. The van der Waals surface area contributed by atoms with Gasteiger partial charge < -0.3 is 0 Å². The Morgan fingerprint density at radius 3 is 2.02 bits per heavy atom. The molecular weight excluding hydrogens is 595 g/mol. The van der Waals surface area contributed by atoms with E-state index < -0.39 is 0 Å². The van der Waals surface area contributed by atoms with Crippen molar-refractivity contribution in [1.82, 2.24) is 14.5 Å². The van der Waals surface area contributed by atoms with Gasteiger partial charge in [0.25, 0.3) is 0 Å². The van der Waals surface area contributed by atoms with Crippen LogP contribution in [0.2, 0.25) is 0 Å². The summed E-state index contributed by atoms with van der Waals surface area (Å²) in [4.78, 5) is 10.9. The van der Waals surface area contributed by atoms with Crippen molar-refractivity contribution in [3.8, 4) is 28.2 Å². The number of para-hydroxylation sites is 2. The zero-order valence-corrected chi connectivity index (χ0v) is 27.2. The molecule has 2 aliphatic rings. The van der Waals surface area contributed by atoms with Gasteiger partial charge in [-0.15, -0.1) is 0 Å². The van der Waals surface area contributed by atoms with Crippen LogP contribution in [0.1, 0.15) is 43.2 Å². The molecule has 232 valence electrons. The van der Waals surface area contributed by atoms with Gasteiger partial charge in [-0.1, -0.05) is 147 Å². The molecule has 0 saturated heterocycles. The van der Waals surface area contributed by atoms with E-state index in [9.17, 15) is 0 Å². The Kier molecular flexibility index (Phi) is 5.60. The molecule has 0 atom stereocenters. The number of nitrogens with zero attached hydrogens (tertiary/aromatic N) is 3. The predicted octanol–water partition coefficient (Wildman–Crippen LogP) is 11.9. The molecular formula is C46H33N3. The van der Waals surface area contributed by atoms with Gasteiger partial charge in [0.1, 0.15) is 5.69 Å². The second-order valence-electron chi connectivity index (χ2n) is 14.0. The fraction of sp³-hybridized carbons (Fsp3) is 0.130. The lowest BCUT2D eigenvalue weighted by Crippen LogP contribution is -2.28. The SMILES string of the molecule is c1ccc(-c2nc3ccccc3nc2-n2c3c4ccccc4ccc3c3c4c(c5ccccc5c32)-c2ccccc2C42CCCCC2)cc1. The van der Waals surface area contributed by atoms with E-state index in [4.69, 9.17) is 9.97 Å². The average Bonchev–Trinajstić information content (AvgIpc) is 3.66. The lowest BCUT2D eigenvalue weighted by atomic mass is 9.66. The molecule has 1 spiro atoms. The first kappa shape index (κ1) is 27.2. The van der Waals surface area contributed by atoms with Crippen LogP contribution in [0.25, 0.3) is 82.6 Å². The summed E-state index contributed by atoms with van der Waals surface area (Å²) in [6.07, 6.45) is 6.15. The molecule has 1 fully saturated rings. The number of rotatable bonds is 2. The summed E-state index contributed by atoms with van der Waals surface area (Å²) in [5.74, 6) is 0.875. The highest BCUT2D eigenvalue weighted by molar-refractivity contribution is 6.29. The number of fused-ring (bicyclic) bond motifs is 15. The fourth-order valence-electron chi connectivity index (χ4n) is 9.56. The number of hydrogen-bond donors (Lipinski definition) is 0. The lowest BCUT2D eigenvalue weighted by Gasteiger charge is -2.36. The van der Waals surface area contributed by atoms with Gasteiger partial charge in [-0.2, -0.15) is 0 Å². The van der Waals surface area contributed by atoms with Crippen LogP contribution >= 0.6 is 0 Å². The van der Waals surface area contributed by atoms with Crippen molar-refractivity contribution in [3.63, 3.8) is 0 Å². The molecule has 0 unspecified atom stereocenters. The van der Waals surface area contributed by atoms with E-state index in [1.54, 1.807) is 0 Å². The average molecular weight is 628 g/mol.